The first-order valence-corrected chi connectivity index (χ1v) is 44.8. The molecule has 25 aromatic rings. The zero-order valence-corrected chi connectivity index (χ0v) is 74.0. The van der Waals surface area contributed by atoms with Gasteiger partial charge >= 0.3 is 0 Å². The van der Waals surface area contributed by atoms with Gasteiger partial charge in [-0.3, -0.25) is 0 Å². The summed E-state index contributed by atoms with van der Waals surface area (Å²) >= 11 is 1.91. The highest BCUT2D eigenvalue weighted by atomic mass is 32.1. The Morgan fingerprint density at radius 3 is 0.937 bits per heavy atom. The number of para-hydroxylation sites is 8. The molecule has 0 saturated heterocycles. The number of fused-ring (bicyclic) bond motifs is 26. The minimum atomic E-state index is 0.130. The highest BCUT2D eigenvalue weighted by Gasteiger charge is 2.26. The van der Waals surface area contributed by atoms with Crippen molar-refractivity contribution in [1.29, 1.82) is 0 Å². The topological polar surface area (TPSA) is 50.9 Å². The van der Waals surface area contributed by atoms with E-state index in [0.29, 0.717) is 0 Å². The second-order valence-electron chi connectivity index (χ2n) is 38.0. The number of aromatic nitrogens is 5. The first-order valence-electron chi connectivity index (χ1n) is 44.0. The van der Waals surface area contributed by atoms with Gasteiger partial charge in [-0.1, -0.05) is 301 Å². The van der Waals surface area contributed by atoms with Crippen molar-refractivity contribution in [1.82, 2.24) is 22.8 Å². The van der Waals surface area contributed by atoms with E-state index in [9.17, 15) is 0 Å². The molecule has 0 aliphatic rings. The number of hydrogen-bond acceptors (Lipinski definition) is 3. The first kappa shape index (κ1) is 77.6. The molecule has 0 atom stereocenters. The van der Waals surface area contributed by atoms with Crippen molar-refractivity contribution in [3.63, 3.8) is 0 Å². The molecule has 0 unspecified atom stereocenters. The van der Waals surface area contributed by atoms with E-state index < -0.39 is 0 Å². The molecule has 0 spiro atoms. The summed E-state index contributed by atoms with van der Waals surface area (Å²) in [6.07, 6.45) is 0. The molecule has 8 heteroatoms. The Morgan fingerprint density at radius 2 is 0.500 bits per heavy atom. The fraction of sp³-hybridized carbons (Fsp3) is 0.136. The number of furan rings is 2. The average Bonchev–Trinajstić information content (AvgIpc) is 1.58. The summed E-state index contributed by atoms with van der Waals surface area (Å²) in [5.74, 6) is 0. The van der Waals surface area contributed by atoms with Gasteiger partial charge in [-0.05, 0) is 190 Å². The Bertz CT molecular complexity index is 8240. The van der Waals surface area contributed by atoms with Crippen molar-refractivity contribution in [3.8, 4) is 28.4 Å². The van der Waals surface area contributed by atoms with Crippen LogP contribution in [0.5, 0.6) is 0 Å². The Morgan fingerprint density at radius 1 is 0.190 bits per heavy atom. The van der Waals surface area contributed by atoms with Gasteiger partial charge < -0.3 is 31.7 Å². The average molecular weight is 1650 g/mol. The van der Waals surface area contributed by atoms with Gasteiger partial charge in [0.2, 0.25) is 0 Å². The van der Waals surface area contributed by atoms with Crippen LogP contribution in [0.3, 0.4) is 0 Å². The molecule has 0 aliphatic heterocycles. The molecule has 8 heterocycles. The number of nitrogens with zero attached hydrogens (tertiary/aromatic N) is 5. The number of hydrogen-bond donors (Lipinski definition) is 0. The third-order valence-electron chi connectivity index (χ3n) is 26.0. The molecule has 25 rings (SSSR count). The highest BCUT2D eigenvalue weighted by Crippen LogP contribution is 2.47. The monoisotopic (exact) mass is 1650 g/mol. The molecule has 0 aliphatic carbocycles. The second kappa shape index (κ2) is 29.7. The van der Waals surface area contributed by atoms with Gasteiger partial charge in [-0.15, -0.1) is 11.3 Å². The molecule has 7 nitrogen and oxygen atoms in total. The van der Waals surface area contributed by atoms with Crippen LogP contribution in [0.25, 0.3) is 202 Å². The largest absolute Gasteiger partial charge is 0.456 e. The van der Waals surface area contributed by atoms with Crippen molar-refractivity contribution in [2.75, 3.05) is 0 Å². The van der Waals surface area contributed by atoms with Crippen LogP contribution >= 0.6 is 11.3 Å². The summed E-state index contributed by atoms with van der Waals surface area (Å²) in [4.78, 5) is 0. The van der Waals surface area contributed by atoms with Crippen LogP contribution in [0.4, 0.5) is 0 Å². The van der Waals surface area contributed by atoms with Gasteiger partial charge in [0, 0.05) is 125 Å². The molecular formula is C118H97N5O2S. The van der Waals surface area contributed by atoms with Gasteiger partial charge in [0.1, 0.15) is 22.3 Å². The van der Waals surface area contributed by atoms with E-state index in [-0.39, 0.29) is 21.7 Å². The predicted molar refractivity (Wildman–Crippen MR) is 540 cm³/mol. The normalized spacial score (nSPS) is 12.4. The highest BCUT2D eigenvalue weighted by molar-refractivity contribution is 7.26. The zero-order chi connectivity index (χ0) is 85.8. The smallest absolute Gasteiger partial charge is 0.145 e. The minimum absolute atomic E-state index is 0.130. The number of benzene rings is 17. The molecule has 17 aromatic carbocycles. The third-order valence-corrected chi connectivity index (χ3v) is 27.2. The third kappa shape index (κ3) is 13.0. The van der Waals surface area contributed by atoms with Crippen LogP contribution in [0, 0.1) is 0 Å². The lowest BCUT2D eigenvalue weighted by Gasteiger charge is -2.19. The summed E-state index contributed by atoms with van der Waals surface area (Å²) in [6.45, 7) is 27.1. The zero-order valence-electron chi connectivity index (χ0n) is 73.2. The van der Waals surface area contributed by atoms with Crippen LogP contribution in [0.15, 0.2) is 379 Å². The lowest BCUT2D eigenvalue weighted by molar-refractivity contribution is 0.590. The van der Waals surface area contributed by atoms with Crippen LogP contribution in [-0.2, 0) is 21.7 Å². The minimum Gasteiger partial charge on any atom is -0.456 e. The molecule has 0 N–H and O–H groups in total. The first-order chi connectivity index (χ1) is 61.1. The molecule has 126 heavy (non-hydrogen) atoms. The van der Waals surface area contributed by atoms with E-state index in [0.717, 1.165) is 22.3 Å². The van der Waals surface area contributed by atoms with E-state index in [1.165, 1.54) is 201 Å². The fourth-order valence-electron chi connectivity index (χ4n) is 19.5. The molecule has 0 saturated carbocycles. The molecule has 0 bridgehead atoms. The summed E-state index contributed by atoms with van der Waals surface area (Å²) in [5, 5.41) is 20.1. The van der Waals surface area contributed by atoms with Crippen LogP contribution in [-0.4, -0.2) is 22.8 Å². The van der Waals surface area contributed by atoms with E-state index in [1.807, 2.05) is 35.6 Å². The Hall–Kier alpha value is -14.4. The molecule has 0 fully saturated rings. The Labute approximate surface area is 736 Å². The summed E-state index contributed by atoms with van der Waals surface area (Å²) in [7, 11) is 0. The van der Waals surface area contributed by atoms with E-state index in [2.05, 4.69) is 452 Å². The summed E-state index contributed by atoms with van der Waals surface area (Å²) < 4.78 is 27.2. The summed E-state index contributed by atoms with van der Waals surface area (Å²) in [6, 6.07) is 134. The molecule has 0 radical (unpaired) electrons. The van der Waals surface area contributed by atoms with Gasteiger partial charge in [0.25, 0.3) is 0 Å². The molecule has 8 aromatic heterocycles. The maximum atomic E-state index is 6.37. The van der Waals surface area contributed by atoms with E-state index in [1.54, 1.807) is 0 Å². The Balaban J connectivity index is 0.0000000997. The van der Waals surface area contributed by atoms with Crippen LogP contribution in [0.1, 0.15) is 105 Å². The van der Waals surface area contributed by atoms with Crippen LogP contribution < -0.4 is 0 Å². The van der Waals surface area contributed by atoms with Crippen molar-refractivity contribution in [2.24, 2.45) is 0 Å². The maximum absolute atomic E-state index is 6.37. The molecule has 612 valence electrons. The molecule has 0 amide bonds. The number of rotatable bonds is 5. The lowest BCUT2D eigenvalue weighted by Crippen LogP contribution is -2.10. The quantitative estimate of drug-likeness (QED) is 0.172. The van der Waals surface area contributed by atoms with Crippen molar-refractivity contribution in [2.45, 2.75) is 105 Å². The number of thiophene rings is 1. The van der Waals surface area contributed by atoms with Gasteiger partial charge in [0.15, 0.2) is 0 Å². The predicted octanol–water partition coefficient (Wildman–Crippen LogP) is 33.6. The Kier molecular flexibility index (Phi) is 18.3. The van der Waals surface area contributed by atoms with E-state index in [4.69, 9.17) is 8.83 Å². The molecular weight excluding hydrogens is 1550 g/mol. The summed E-state index contributed by atoms with van der Waals surface area (Å²) in [5.41, 5.74) is 27.9. The van der Waals surface area contributed by atoms with Crippen molar-refractivity contribution in [3.05, 3.63) is 392 Å². The van der Waals surface area contributed by atoms with E-state index >= 15 is 0 Å². The lowest BCUT2D eigenvalue weighted by atomic mass is 9.87. The second-order valence-corrected chi connectivity index (χ2v) is 39.1. The fourth-order valence-corrected chi connectivity index (χ4v) is 20.8. The maximum Gasteiger partial charge on any atom is 0.145 e. The van der Waals surface area contributed by atoms with Gasteiger partial charge in [-0.2, -0.15) is 0 Å². The van der Waals surface area contributed by atoms with Crippen LogP contribution in [0.2, 0.25) is 0 Å². The van der Waals surface area contributed by atoms with Crippen molar-refractivity contribution < 1.29 is 8.83 Å². The SMILES string of the molecule is CC(C)(C)c1ccc(-n2c3ccccc3c3c4oc5ccccc5c4ccc32)cc1.CC(C)(C)c1ccc(-n2c3ccccc3c3c4sc5ccccc5c4ccc32)cc1.CC(C)(C)c1ccc(-n2c3ccccc3c3cc4c(cc32)c2ccccc2n4-c2ccccc2)cc1.CC(C)(C)c1ccc(-n2c3ccccc3c3cc4c(cc32)oc2ccccc24)cc1. The van der Waals surface area contributed by atoms with Gasteiger partial charge in [0.05, 0.1) is 60.6 Å². The standard InChI is InChI=1S/C34H28N2.2C28H23NO.C28H23NS/c1-34(2,3)23-17-19-25(20-18-23)36-31-16-10-8-14-27(31)29-21-32-28(22-33(29)36)26-13-7-9-15-30(26)35(32)24-11-5-4-6-12-24;1-28(2,3)18-12-14-19(15-13-18)29-23-10-6-4-9-22(23)26-24(29)17-16-21-20-8-5-7-11-25(20)30-27(21)26;1-28(2,3)18-12-14-19(15-13-18)29-24-10-6-4-8-20(24)22-16-23-21-9-5-7-11-26(21)30-27(23)17-25(22)29;1-28(2,3)18-12-14-19(15-13-18)29-23-10-6-4-9-22(23)26-24(29)17-16-21-20-8-5-7-11-25(20)30-27(21)26/h4-22H,1-3H3;3*4-17H,1-3H3. The van der Waals surface area contributed by atoms with Crippen molar-refractivity contribution >= 4 is 184 Å². The van der Waals surface area contributed by atoms with Gasteiger partial charge in [-0.25, -0.2) is 0 Å².